The fourth-order valence-electron chi connectivity index (χ4n) is 2.40. The monoisotopic (exact) mass is 329 g/mol. The van der Waals surface area contributed by atoms with Crippen molar-refractivity contribution in [1.29, 1.82) is 0 Å². The number of carbonyl (C=O) groups excluding carboxylic acids is 2. The number of furan rings is 1. The topological polar surface area (TPSA) is 83.4 Å². The molecule has 1 aromatic carbocycles. The smallest absolute Gasteiger partial charge is 0.321 e. The van der Waals surface area contributed by atoms with Crippen LogP contribution in [0.15, 0.2) is 53.1 Å². The Balaban J connectivity index is 2.02. The molecule has 0 bridgehead atoms. The molecule has 1 heterocycles. The SMILES string of the molecule is CNC(=O)NC(=O)[C@@H](N[C@@H](C)CCc1ccco1)c1ccccc1. The molecule has 3 amide bonds. The van der Waals surface area contributed by atoms with Crippen LogP contribution in [0.25, 0.3) is 0 Å². The maximum Gasteiger partial charge on any atom is 0.321 e. The van der Waals surface area contributed by atoms with E-state index < -0.39 is 12.1 Å². The lowest BCUT2D eigenvalue weighted by molar-refractivity contribution is -0.122. The minimum absolute atomic E-state index is 0.0655. The van der Waals surface area contributed by atoms with Crippen LogP contribution >= 0.6 is 0 Å². The second-order valence-corrected chi connectivity index (χ2v) is 5.60. The molecule has 3 N–H and O–H groups in total. The van der Waals surface area contributed by atoms with Crippen molar-refractivity contribution in [2.75, 3.05) is 7.05 Å². The highest BCUT2D eigenvalue weighted by Gasteiger charge is 2.23. The summed E-state index contributed by atoms with van der Waals surface area (Å²) in [6.07, 6.45) is 3.24. The first-order valence-corrected chi connectivity index (χ1v) is 7.96. The van der Waals surface area contributed by atoms with Crippen molar-refractivity contribution >= 4 is 11.9 Å². The molecule has 0 saturated heterocycles. The number of aryl methyl sites for hydroxylation is 1. The lowest BCUT2D eigenvalue weighted by atomic mass is 10.0. The molecule has 2 aromatic rings. The quantitative estimate of drug-likeness (QED) is 0.728. The van der Waals surface area contributed by atoms with Gasteiger partial charge in [0.1, 0.15) is 11.8 Å². The summed E-state index contributed by atoms with van der Waals surface area (Å²) in [5, 5.41) is 8.01. The van der Waals surface area contributed by atoms with Crippen molar-refractivity contribution in [3.63, 3.8) is 0 Å². The van der Waals surface area contributed by atoms with Gasteiger partial charge in [-0.25, -0.2) is 4.79 Å². The van der Waals surface area contributed by atoms with Crippen molar-refractivity contribution in [3.05, 3.63) is 60.1 Å². The van der Waals surface area contributed by atoms with Crippen molar-refractivity contribution in [3.8, 4) is 0 Å². The molecule has 0 saturated carbocycles. The molecule has 0 spiro atoms. The predicted molar refractivity (Wildman–Crippen MR) is 91.4 cm³/mol. The average Bonchev–Trinajstić information content (AvgIpc) is 3.12. The van der Waals surface area contributed by atoms with E-state index in [0.29, 0.717) is 0 Å². The zero-order valence-corrected chi connectivity index (χ0v) is 13.9. The molecule has 1 aromatic heterocycles. The van der Waals surface area contributed by atoms with Gasteiger partial charge in [-0.3, -0.25) is 15.4 Å². The van der Waals surface area contributed by atoms with Gasteiger partial charge in [0.2, 0.25) is 5.91 Å². The minimum Gasteiger partial charge on any atom is -0.469 e. The third kappa shape index (κ3) is 5.24. The summed E-state index contributed by atoms with van der Waals surface area (Å²) < 4.78 is 5.33. The first kappa shape index (κ1) is 17.7. The largest absolute Gasteiger partial charge is 0.469 e. The van der Waals surface area contributed by atoms with E-state index in [-0.39, 0.29) is 11.9 Å². The normalized spacial score (nSPS) is 13.1. The molecule has 0 aliphatic rings. The zero-order chi connectivity index (χ0) is 17.4. The Labute approximate surface area is 141 Å². The summed E-state index contributed by atoms with van der Waals surface area (Å²) >= 11 is 0. The Morgan fingerprint density at radius 1 is 1.12 bits per heavy atom. The molecule has 24 heavy (non-hydrogen) atoms. The fourth-order valence-corrected chi connectivity index (χ4v) is 2.40. The lowest BCUT2D eigenvalue weighted by Gasteiger charge is -2.22. The molecule has 6 heteroatoms. The number of amides is 3. The lowest BCUT2D eigenvalue weighted by Crippen LogP contribution is -2.46. The second-order valence-electron chi connectivity index (χ2n) is 5.60. The molecule has 0 fully saturated rings. The Bertz CT molecular complexity index is 641. The summed E-state index contributed by atoms with van der Waals surface area (Å²) in [4.78, 5) is 23.9. The highest BCUT2D eigenvalue weighted by Crippen LogP contribution is 2.15. The van der Waals surface area contributed by atoms with Crippen LogP contribution in [0.2, 0.25) is 0 Å². The first-order valence-electron chi connectivity index (χ1n) is 7.96. The molecule has 2 rings (SSSR count). The van der Waals surface area contributed by atoms with Crippen LogP contribution in [0, 0.1) is 0 Å². The molecule has 0 aliphatic carbocycles. The Morgan fingerprint density at radius 3 is 2.50 bits per heavy atom. The van der Waals surface area contributed by atoms with E-state index in [1.165, 1.54) is 7.05 Å². The van der Waals surface area contributed by atoms with Crippen LogP contribution in [0.1, 0.15) is 30.7 Å². The van der Waals surface area contributed by atoms with Crippen LogP contribution in [-0.4, -0.2) is 25.0 Å². The number of hydrogen-bond acceptors (Lipinski definition) is 4. The zero-order valence-electron chi connectivity index (χ0n) is 13.9. The van der Waals surface area contributed by atoms with Crippen molar-refractivity contribution in [2.45, 2.75) is 31.8 Å². The number of imide groups is 1. The summed E-state index contributed by atoms with van der Waals surface area (Å²) in [5.74, 6) is 0.528. The summed E-state index contributed by atoms with van der Waals surface area (Å²) in [6.45, 7) is 2.01. The standard InChI is InChI=1S/C18H23N3O3/c1-13(10-11-15-9-6-12-24-15)20-16(14-7-4-3-5-8-14)17(22)21-18(23)19-2/h3-9,12-13,16,20H,10-11H2,1-2H3,(H2,19,21,22,23)/t13-,16-/m0/s1. The van der Waals surface area contributed by atoms with E-state index in [1.54, 1.807) is 6.26 Å². The Morgan fingerprint density at radius 2 is 1.88 bits per heavy atom. The number of rotatable bonds is 7. The van der Waals surface area contributed by atoms with Gasteiger partial charge in [0, 0.05) is 19.5 Å². The van der Waals surface area contributed by atoms with Gasteiger partial charge >= 0.3 is 6.03 Å². The van der Waals surface area contributed by atoms with Gasteiger partial charge in [-0.1, -0.05) is 30.3 Å². The number of hydrogen-bond donors (Lipinski definition) is 3. The van der Waals surface area contributed by atoms with Crippen molar-refractivity contribution < 1.29 is 14.0 Å². The molecular weight excluding hydrogens is 306 g/mol. The number of carbonyl (C=O) groups is 2. The first-order chi connectivity index (χ1) is 11.6. The van der Waals surface area contributed by atoms with Crippen LogP contribution in [0.4, 0.5) is 4.79 Å². The Hall–Kier alpha value is -2.60. The fraction of sp³-hybridized carbons (Fsp3) is 0.333. The van der Waals surface area contributed by atoms with Gasteiger partial charge in [0.05, 0.1) is 6.26 Å². The average molecular weight is 329 g/mol. The highest BCUT2D eigenvalue weighted by atomic mass is 16.3. The van der Waals surface area contributed by atoms with Gasteiger partial charge in [-0.05, 0) is 31.0 Å². The molecule has 128 valence electrons. The van der Waals surface area contributed by atoms with E-state index in [4.69, 9.17) is 4.42 Å². The van der Waals surface area contributed by atoms with Crippen molar-refractivity contribution in [1.82, 2.24) is 16.0 Å². The highest BCUT2D eigenvalue weighted by molar-refractivity contribution is 5.97. The molecule has 2 atom stereocenters. The maximum absolute atomic E-state index is 12.4. The summed E-state index contributed by atoms with van der Waals surface area (Å²) in [6, 6.07) is 12.1. The van der Waals surface area contributed by atoms with Gasteiger partial charge in [-0.2, -0.15) is 0 Å². The van der Waals surface area contributed by atoms with Crippen LogP contribution < -0.4 is 16.0 Å². The molecule has 0 radical (unpaired) electrons. The van der Waals surface area contributed by atoms with Crippen molar-refractivity contribution in [2.24, 2.45) is 0 Å². The van der Waals surface area contributed by atoms with E-state index in [2.05, 4.69) is 16.0 Å². The minimum atomic E-state index is -0.602. The molecular formula is C18H23N3O3. The second kappa shape index (κ2) is 8.88. The third-order valence-corrected chi connectivity index (χ3v) is 3.71. The van der Waals surface area contributed by atoms with Crippen LogP contribution in [0.5, 0.6) is 0 Å². The van der Waals surface area contributed by atoms with E-state index in [0.717, 1.165) is 24.2 Å². The number of urea groups is 1. The summed E-state index contributed by atoms with van der Waals surface area (Å²) in [7, 11) is 1.47. The van der Waals surface area contributed by atoms with E-state index in [9.17, 15) is 9.59 Å². The molecule has 6 nitrogen and oxygen atoms in total. The predicted octanol–water partition coefficient (Wildman–Crippen LogP) is 2.39. The maximum atomic E-state index is 12.4. The van der Waals surface area contributed by atoms with Crippen LogP contribution in [0.3, 0.4) is 0 Å². The van der Waals surface area contributed by atoms with Gasteiger partial charge < -0.3 is 9.73 Å². The molecule has 0 aliphatic heterocycles. The Kier molecular flexibility index (Phi) is 6.57. The number of benzene rings is 1. The van der Waals surface area contributed by atoms with Gasteiger partial charge in [0.15, 0.2) is 0 Å². The molecule has 0 unspecified atom stereocenters. The third-order valence-electron chi connectivity index (χ3n) is 3.71. The number of nitrogens with one attached hydrogen (secondary N) is 3. The van der Waals surface area contributed by atoms with E-state index in [1.807, 2.05) is 49.4 Å². The van der Waals surface area contributed by atoms with Gasteiger partial charge in [-0.15, -0.1) is 0 Å². The van der Waals surface area contributed by atoms with E-state index >= 15 is 0 Å². The summed E-state index contributed by atoms with van der Waals surface area (Å²) in [5.41, 5.74) is 0.809. The van der Waals surface area contributed by atoms with Gasteiger partial charge in [0.25, 0.3) is 0 Å². The van der Waals surface area contributed by atoms with Crippen LogP contribution in [-0.2, 0) is 11.2 Å².